The van der Waals surface area contributed by atoms with E-state index < -0.39 is 0 Å². The summed E-state index contributed by atoms with van der Waals surface area (Å²) in [4.78, 5) is 15.7. The van der Waals surface area contributed by atoms with Gasteiger partial charge in [-0.1, -0.05) is 31.4 Å². The van der Waals surface area contributed by atoms with Gasteiger partial charge in [0.15, 0.2) is 5.43 Å². The van der Waals surface area contributed by atoms with E-state index in [4.69, 9.17) is 4.74 Å². The maximum Gasteiger partial charge on any atom is 0.192 e. The van der Waals surface area contributed by atoms with Crippen LogP contribution in [0.5, 0.6) is 0 Å². The molecule has 3 nitrogen and oxygen atoms in total. The Hall–Kier alpha value is -1.61. The van der Waals surface area contributed by atoms with Gasteiger partial charge in [0.25, 0.3) is 0 Å². The minimum absolute atomic E-state index is 0.113. The number of hydrogen-bond donors (Lipinski definition) is 1. The van der Waals surface area contributed by atoms with E-state index in [9.17, 15) is 4.79 Å². The SMILES string of the molecule is Cc1c(COC2CCCCC2)[nH]c2ccccc2c1=O. The maximum absolute atomic E-state index is 12.3. The Morgan fingerprint density at radius 1 is 1.20 bits per heavy atom. The fraction of sp³-hybridized carbons (Fsp3) is 0.471. The zero-order valence-corrected chi connectivity index (χ0v) is 11.9. The topological polar surface area (TPSA) is 42.1 Å². The molecule has 1 aromatic carbocycles. The molecule has 1 aliphatic rings. The molecule has 0 bridgehead atoms. The highest BCUT2D eigenvalue weighted by Crippen LogP contribution is 2.21. The molecule has 0 amide bonds. The highest BCUT2D eigenvalue weighted by Gasteiger charge is 2.15. The molecular weight excluding hydrogens is 250 g/mol. The largest absolute Gasteiger partial charge is 0.372 e. The lowest BCUT2D eigenvalue weighted by atomic mass is 9.98. The van der Waals surface area contributed by atoms with Crippen molar-refractivity contribution >= 4 is 10.9 Å². The summed E-state index contributed by atoms with van der Waals surface area (Å²) in [5.41, 5.74) is 2.70. The Kier molecular flexibility index (Phi) is 3.88. The van der Waals surface area contributed by atoms with Crippen molar-refractivity contribution in [2.75, 3.05) is 0 Å². The number of aromatic nitrogens is 1. The molecule has 1 aromatic heterocycles. The van der Waals surface area contributed by atoms with Crippen molar-refractivity contribution in [1.82, 2.24) is 4.98 Å². The van der Waals surface area contributed by atoms with Crippen LogP contribution in [0, 0.1) is 6.92 Å². The van der Waals surface area contributed by atoms with Gasteiger partial charge in [-0.05, 0) is 31.9 Å². The standard InChI is InChI=1S/C17H21NO2/c1-12-16(11-20-13-7-3-2-4-8-13)18-15-10-6-5-9-14(15)17(12)19/h5-6,9-10,13H,2-4,7-8,11H2,1H3,(H,18,19). The predicted molar refractivity (Wildman–Crippen MR) is 81.0 cm³/mol. The number of aromatic amines is 1. The van der Waals surface area contributed by atoms with E-state index >= 15 is 0 Å². The number of hydrogen-bond acceptors (Lipinski definition) is 2. The maximum atomic E-state index is 12.3. The van der Waals surface area contributed by atoms with E-state index in [1.165, 1.54) is 19.3 Å². The molecule has 3 rings (SSSR count). The van der Waals surface area contributed by atoms with Gasteiger partial charge >= 0.3 is 0 Å². The van der Waals surface area contributed by atoms with E-state index in [0.717, 1.165) is 35.0 Å². The second-order valence-electron chi connectivity index (χ2n) is 5.67. The molecule has 1 aliphatic carbocycles. The Balaban J connectivity index is 1.84. The summed E-state index contributed by atoms with van der Waals surface area (Å²) in [5.74, 6) is 0. The highest BCUT2D eigenvalue weighted by atomic mass is 16.5. The summed E-state index contributed by atoms with van der Waals surface area (Å²) in [6.45, 7) is 2.39. The van der Waals surface area contributed by atoms with Crippen molar-refractivity contribution in [2.24, 2.45) is 0 Å². The van der Waals surface area contributed by atoms with Crippen LogP contribution in [0.2, 0.25) is 0 Å². The number of ether oxygens (including phenoxy) is 1. The molecular formula is C17H21NO2. The van der Waals surface area contributed by atoms with Crippen molar-refractivity contribution in [2.45, 2.75) is 51.7 Å². The van der Waals surface area contributed by atoms with E-state index in [1.807, 2.05) is 31.2 Å². The normalized spacial score (nSPS) is 16.6. The summed E-state index contributed by atoms with van der Waals surface area (Å²) in [7, 11) is 0. The minimum Gasteiger partial charge on any atom is -0.372 e. The fourth-order valence-electron chi connectivity index (χ4n) is 2.96. The average Bonchev–Trinajstić information content (AvgIpc) is 2.50. The van der Waals surface area contributed by atoms with Crippen LogP contribution in [0.15, 0.2) is 29.1 Å². The van der Waals surface area contributed by atoms with Crippen LogP contribution in [0.1, 0.15) is 43.4 Å². The first-order valence-electron chi connectivity index (χ1n) is 7.48. The van der Waals surface area contributed by atoms with Gasteiger partial charge in [0.1, 0.15) is 0 Å². The summed E-state index contributed by atoms with van der Waals surface area (Å²) in [6, 6.07) is 7.65. The minimum atomic E-state index is 0.113. The molecule has 1 N–H and O–H groups in total. The van der Waals surface area contributed by atoms with Gasteiger partial charge in [0.05, 0.1) is 12.7 Å². The van der Waals surface area contributed by atoms with Crippen molar-refractivity contribution < 1.29 is 4.74 Å². The number of nitrogens with one attached hydrogen (secondary N) is 1. The smallest absolute Gasteiger partial charge is 0.192 e. The molecule has 0 aliphatic heterocycles. The molecule has 2 aromatic rings. The quantitative estimate of drug-likeness (QED) is 0.925. The summed E-state index contributed by atoms with van der Waals surface area (Å²) in [6.07, 6.45) is 6.51. The van der Waals surface area contributed by atoms with Crippen LogP contribution in [0.25, 0.3) is 10.9 Å². The summed E-state index contributed by atoms with van der Waals surface area (Å²) >= 11 is 0. The molecule has 0 spiro atoms. The molecule has 1 saturated carbocycles. The predicted octanol–water partition coefficient (Wildman–Crippen LogP) is 3.69. The monoisotopic (exact) mass is 271 g/mol. The van der Waals surface area contributed by atoms with E-state index in [2.05, 4.69) is 4.98 Å². The van der Waals surface area contributed by atoms with E-state index in [1.54, 1.807) is 0 Å². The zero-order chi connectivity index (χ0) is 13.9. The second-order valence-corrected chi connectivity index (χ2v) is 5.67. The van der Waals surface area contributed by atoms with Crippen molar-refractivity contribution in [3.63, 3.8) is 0 Å². The van der Waals surface area contributed by atoms with Gasteiger partial charge in [-0.15, -0.1) is 0 Å². The Morgan fingerprint density at radius 3 is 2.75 bits per heavy atom. The number of H-pyrrole nitrogens is 1. The molecule has 0 unspecified atom stereocenters. The number of pyridine rings is 1. The molecule has 20 heavy (non-hydrogen) atoms. The third kappa shape index (κ3) is 2.63. The second kappa shape index (κ2) is 5.80. The lowest BCUT2D eigenvalue weighted by Gasteiger charge is -2.22. The highest BCUT2D eigenvalue weighted by molar-refractivity contribution is 5.79. The van der Waals surface area contributed by atoms with Crippen LogP contribution in [0.3, 0.4) is 0 Å². The molecule has 3 heteroatoms. The number of para-hydroxylation sites is 1. The van der Waals surface area contributed by atoms with Gasteiger partial charge in [0.2, 0.25) is 0 Å². The number of rotatable bonds is 3. The summed E-state index contributed by atoms with van der Waals surface area (Å²) in [5, 5.41) is 0.756. The third-order valence-electron chi connectivity index (χ3n) is 4.27. The molecule has 106 valence electrons. The number of fused-ring (bicyclic) bond motifs is 1. The van der Waals surface area contributed by atoms with Gasteiger partial charge in [-0.2, -0.15) is 0 Å². The Labute approximate surface area is 119 Å². The fourth-order valence-corrected chi connectivity index (χ4v) is 2.96. The van der Waals surface area contributed by atoms with Crippen molar-refractivity contribution in [3.8, 4) is 0 Å². The first-order chi connectivity index (χ1) is 9.75. The molecule has 0 atom stereocenters. The van der Waals surface area contributed by atoms with Gasteiger partial charge in [-0.25, -0.2) is 0 Å². The van der Waals surface area contributed by atoms with E-state index in [0.29, 0.717) is 12.7 Å². The first kappa shape index (κ1) is 13.4. The lowest BCUT2D eigenvalue weighted by Crippen LogP contribution is -2.19. The van der Waals surface area contributed by atoms with Crippen LogP contribution >= 0.6 is 0 Å². The van der Waals surface area contributed by atoms with Crippen LogP contribution in [-0.2, 0) is 11.3 Å². The first-order valence-corrected chi connectivity index (χ1v) is 7.48. The average molecular weight is 271 g/mol. The zero-order valence-electron chi connectivity index (χ0n) is 11.9. The molecule has 0 radical (unpaired) electrons. The number of benzene rings is 1. The lowest BCUT2D eigenvalue weighted by molar-refractivity contribution is 0.0151. The Morgan fingerprint density at radius 2 is 1.95 bits per heavy atom. The van der Waals surface area contributed by atoms with Crippen molar-refractivity contribution in [3.05, 3.63) is 45.7 Å². The van der Waals surface area contributed by atoms with Crippen LogP contribution < -0.4 is 5.43 Å². The van der Waals surface area contributed by atoms with Gasteiger partial charge < -0.3 is 9.72 Å². The Bertz CT molecular complexity index is 654. The third-order valence-corrected chi connectivity index (χ3v) is 4.27. The van der Waals surface area contributed by atoms with Crippen LogP contribution in [0.4, 0.5) is 0 Å². The van der Waals surface area contributed by atoms with Gasteiger partial charge in [-0.3, -0.25) is 4.79 Å². The molecule has 1 heterocycles. The van der Waals surface area contributed by atoms with Gasteiger partial charge in [0, 0.05) is 22.2 Å². The van der Waals surface area contributed by atoms with Crippen LogP contribution in [-0.4, -0.2) is 11.1 Å². The molecule has 1 fully saturated rings. The summed E-state index contributed by atoms with van der Waals surface area (Å²) < 4.78 is 5.98. The van der Waals surface area contributed by atoms with E-state index in [-0.39, 0.29) is 5.43 Å². The molecule has 0 saturated heterocycles. The van der Waals surface area contributed by atoms with Crippen molar-refractivity contribution in [1.29, 1.82) is 0 Å².